The van der Waals surface area contributed by atoms with Crippen molar-refractivity contribution in [1.82, 2.24) is 14.8 Å². The van der Waals surface area contributed by atoms with Crippen molar-refractivity contribution >= 4 is 50.7 Å². The fourth-order valence-electron chi connectivity index (χ4n) is 3.38. The molecule has 11 nitrogen and oxygen atoms in total. The molecule has 0 aliphatic heterocycles. The number of thioether (sulfide) groups is 1. The average Bonchev–Trinajstić information content (AvgIpc) is 3.49. The summed E-state index contributed by atoms with van der Waals surface area (Å²) in [6.07, 6.45) is 2.66. The number of aromatic nitrogens is 3. The zero-order valence-corrected chi connectivity index (χ0v) is 21.6. The Morgan fingerprint density at radius 2 is 1.59 bits per heavy atom. The molecule has 0 atom stereocenters. The number of carbonyl (C=O) groups is 2. The van der Waals surface area contributed by atoms with Crippen LogP contribution in [0.15, 0.2) is 76.5 Å². The van der Waals surface area contributed by atoms with Crippen LogP contribution < -0.4 is 15.4 Å². The zero-order chi connectivity index (χ0) is 26.4. The molecular formula is C24H24N6O5S2. The van der Waals surface area contributed by atoms with Crippen molar-refractivity contribution in [3.63, 3.8) is 0 Å². The van der Waals surface area contributed by atoms with Crippen LogP contribution in [0.3, 0.4) is 0 Å². The van der Waals surface area contributed by atoms with E-state index in [4.69, 9.17) is 4.42 Å². The van der Waals surface area contributed by atoms with Gasteiger partial charge in [0, 0.05) is 29.5 Å². The molecule has 192 valence electrons. The van der Waals surface area contributed by atoms with Crippen molar-refractivity contribution in [2.45, 2.75) is 18.6 Å². The van der Waals surface area contributed by atoms with Gasteiger partial charge < -0.3 is 15.1 Å². The molecule has 0 spiro atoms. The third-order valence-corrected chi connectivity index (χ3v) is 6.45. The first-order chi connectivity index (χ1) is 17.7. The molecule has 0 saturated heterocycles. The van der Waals surface area contributed by atoms with E-state index in [9.17, 15) is 18.0 Å². The Balaban J connectivity index is 1.48. The fourth-order valence-corrected chi connectivity index (χ4v) is 4.68. The second-order valence-electron chi connectivity index (χ2n) is 8.02. The van der Waals surface area contributed by atoms with Crippen LogP contribution in [-0.2, 0) is 26.2 Å². The number of anilines is 3. The van der Waals surface area contributed by atoms with Crippen LogP contribution in [-0.4, -0.2) is 47.0 Å². The summed E-state index contributed by atoms with van der Waals surface area (Å²) >= 11 is 1.22. The van der Waals surface area contributed by atoms with Crippen molar-refractivity contribution < 1.29 is 22.4 Å². The number of benzene rings is 2. The summed E-state index contributed by atoms with van der Waals surface area (Å²) in [5, 5.41) is 14.6. The SMILES string of the molecule is CC(=O)Nc1ccc(NC(=O)CSc2nnc(-c3ccc(NS(C)(=O)=O)cc3)n2Cc2ccco2)cc1. The second kappa shape index (κ2) is 11.3. The maximum absolute atomic E-state index is 12.6. The van der Waals surface area contributed by atoms with Crippen molar-refractivity contribution in [2.24, 2.45) is 0 Å². The quantitative estimate of drug-likeness (QED) is 0.258. The number of rotatable bonds is 10. The van der Waals surface area contributed by atoms with E-state index < -0.39 is 10.0 Å². The Morgan fingerprint density at radius 1 is 0.946 bits per heavy atom. The lowest BCUT2D eigenvalue weighted by Crippen LogP contribution is -2.15. The van der Waals surface area contributed by atoms with Gasteiger partial charge >= 0.3 is 0 Å². The molecule has 2 heterocycles. The van der Waals surface area contributed by atoms with Gasteiger partial charge in [-0.05, 0) is 60.7 Å². The molecule has 2 aromatic carbocycles. The molecule has 0 unspecified atom stereocenters. The number of hydrogen-bond donors (Lipinski definition) is 3. The molecule has 2 aromatic heterocycles. The third-order valence-electron chi connectivity index (χ3n) is 4.88. The Hall–Kier alpha value is -4.10. The minimum Gasteiger partial charge on any atom is -0.467 e. The molecule has 3 N–H and O–H groups in total. The summed E-state index contributed by atoms with van der Waals surface area (Å²) in [5.74, 6) is 0.900. The average molecular weight is 541 g/mol. The molecule has 0 bridgehead atoms. The lowest BCUT2D eigenvalue weighted by atomic mass is 10.2. The van der Waals surface area contributed by atoms with Gasteiger partial charge in [0.2, 0.25) is 21.8 Å². The van der Waals surface area contributed by atoms with E-state index in [0.717, 1.165) is 6.26 Å². The largest absolute Gasteiger partial charge is 0.467 e. The highest BCUT2D eigenvalue weighted by molar-refractivity contribution is 7.99. The minimum atomic E-state index is -3.39. The molecule has 0 saturated carbocycles. The Labute approximate surface area is 217 Å². The highest BCUT2D eigenvalue weighted by Gasteiger charge is 2.17. The lowest BCUT2D eigenvalue weighted by Gasteiger charge is -2.10. The van der Waals surface area contributed by atoms with E-state index in [0.29, 0.717) is 45.9 Å². The number of amides is 2. The lowest BCUT2D eigenvalue weighted by molar-refractivity contribution is -0.114. The number of nitrogens with zero attached hydrogens (tertiary/aromatic N) is 3. The maximum Gasteiger partial charge on any atom is 0.234 e. The predicted octanol–water partition coefficient (Wildman–Crippen LogP) is 3.65. The molecule has 0 radical (unpaired) electrons. The van der Waals surface area contributed by atoms with Crippen molar-refractivity contribution in [3.05, 3.63) is 72.7 Å². The van der Waals surface area contributed by atoms with E-state index in [2.05, 4.69) is 25.6 Å². The van der Waals surface area contributed by atoms with E-state index in [-0.39, 0.29) is 17.6 Å². The highest BCUT2D eigenvalue weighted by atomic mass is 32.2. The van der Waals surface area contributed by atoms with Gasteiger partial charge in [-0.15, -0.1) is 10.2 Å². The van der Waals surface area contributed by atoms with Crippen LogP contribution in [0.4, 0.5) is 17.1 Å². The Bertz CT molecular complexity index is 1480. The first-order valence-electron chi connectivity index (χ1n) is 11.0. The number of furan rings is 1. The molecule has 13 heteroatoms. The first kappa shape index (κ1) is 26.0. The van der Waals surface area contributed by atoms with E-state index >= 15 is 0 Å². The topological polar surface area (TPSA) is 148 Å². The number of sulfonamides is 1. The number of carbonyl (C=O) groups excluding carboxylic acids is 2. The smallest absolute Gasteiger partial charge is 0.234 e. The monoisotopic (exact) mass is 540 g/mol. The summed E-state index contributed by atoms with van der Waals surface area (Å²) < 4.78 is 32.7. The Kier molecular flexibility index (Phi) is 7.94. The van der Waals surface area contributed by atoms with Gasteiger partial charge in [-0.2, -0.15) is 0 Å². The molecule has 0 aliphatic carbocycles. The molecule has 37 heavy (non-hydrogen) atoms. The van der Waals surface area contributed by atoms with Crippen LogP contribution in [0.25, 0.3) is 11.4 Å². The summed E-state index contributed by atoms with van der Waals surface area (Å²) in [4.78, 5) is 23.7. The molecule has 0 fully saturated rings. The fraction of sp³-hybridized carbons (Fsp3) is 0.167. The van der Waals surface area contributed by atoms with Crippen molar-refractivity contribution in [2.75, 3.05) is 27.4 Å². The standard InChI is InChI=1S/C24H24N6O5S2/c1-16(31)25-18-9-11-19(12-10-18)26-22(32)15-36-24-28-27-23(30(24)14-21-4-3-13-35-21)17-5-7-20(8-6-17)29-37(2,33)34/h3-13,29H,14-15H2,1-2H3,(H,25,31)(H,26,32). The molecule has 0 aliphatic rings. The molecular weight excluding hydrogens is 516 g/mol. The van der Waals surface area contributed by atoms with Crippen LogP contribution >= 0.6 is 11.8 Å². The molecule has 2 amide bonds. The Morgan fingerprint density at radius 3 is 2.19 bits per heavy atom. The van der Waals surface area contributed by atoms with Gasteiger partial charge in [-0.25, -0.2) is 8.42 Å². The van der Waals surface area contributed by atoms with Crippen LogP contribution in [0.1, 0.15) is 12.7 Å². The number of hydrogen-bond acceptors (Lipinski definition) is 8. The predicted molar refractivity (Wildman–Crippen MR) is 142 cm³/mol. The van der Waals surface area contributed by atoms with Gasteiger partial charge in [-0.1, -0.05) is 11.8 Å². The van der Waals surface area contributed by atoms with Gasteiger partial charge in [0.1, 0.15) is 5.76 Å². The molecule has 4 rings (SSSR count). The van der Waals surface area contributed by atoms with Crippen LogP contribution in [0, 0.1) is 0 Å². The van der Waals surface area contributed by atoms with Gasteiger partial charge in [0.25, 0.3) is 0 Å². The van der Waals surface area contributed by atoms with Crippen molar-refractivity contribution in [3.8, 4) is 11.4 Å². The summed E-state index contributed by atoms with van der Waals surface area (Å²) in [7, 11) is -3.39. The van der Waals surface area contributed by atoms with E-state index in [1.165, 1.54) is 18.7 Å². The summed E-state index contributed by atoms with van der Waals surface area (Å²) in [5.41, 5.74) is 2.38. The summed E-state index contributed by atoms with van der Waals surface area (Å²) in [6.45, 7) is 1.77. The van der Waals surface area contributed by atoms with Crippen molar-refractivity contribution in [1.29, 1.82) is 0 Å². The van der Waals surface area contributed by atoms with Crippen LogP contribution in [0.5, 0.6) is 0 Å². The van der Waals surface area contributed by atoms with Gasteiger partial charge in [0.05, 0.1) is 24.8 Å². The van der Waals surface area contributed by atoms with Gasteiger partial charge in [0.15, 0.2) is 11.0 Å². The van der Waals surface area contributed by atoms with Crippen LogP contribution in [0.2, 0.25) is 0 Å². The first-order valence-corrected chi connectivity index (χ1v) is 13.9. The summed E-state index contributed by atoms with van der Waals surface area (Å²) in [6, 6.07) is 17.2. The second-order valence-corrected chi connectivity index (χ2v) is 10.7. The highest BCUT2D eigenvalue weighted by Crippen LogP contribution is 2.27. The minimum absolute atomic E-state index is 0.0843. The van der Waals surface area contributed by atoms with E-state index in [1.807, 2.05) is 10.6 Å². The molecule has 4 aromatic rings. The normalized spacial score (nSPS) is 11.2. The maximum atomic E-state index is 12.6. The number of nitrogens with one attached hydrogen (secondary N) is 3. The van der Waals surface area contributed by atoms with Gasteiger partial charge in [-0.3, -0.25) is 18.9 Å². The third kappa shape index (κ3) is 7.44. The van der Waals surface area contributed by atoms with E-state index in [1.54, 1.807) is 60.9 Å². The zero-order valence-electron chi connectivity index (χ0n) is 20.0.